The maximum atomic E-state index is 11.9. The third-order valence-corrected chi connectivity index (χ3v) is 3.88. The predicted molar refractivity (Wildman–Crippen MR) is 87.6 cm³/mol. The maximum absolute atomic E-state index is 11.9. The molecule has 1 aliphatic rings. The van der Waals surface area contributed by atoms with Crippen LogP contribution in [0.25, 0.3) is 0 Å². The summed E-state index contributed by atoms with van der Waals surface area (Å²) in [6.07, 6.45) is 3.00. The lowest BCUT2D eigenvalue weighted by molar-refractivity contribution is 0.249. The van der Waals surface area contributed by atoms with Gasteiger partial charge < -0.3 is 19.9 Å². The number of amides is 2. The van der Waals surface area contributed by atoms with Gasteiger partial charge in [-0.25, -0.2) is 4.79 Å². The number of rotatable bonds is 5. The van der Waals surface area contributed by atoms with Crippen molar-refractivity contribution in [3.05, 3.63) is 35.5 Å². The molecule has 1 atom stereocenters. The van der Waals surface area contributed by atoms with Crippen molar-refractivity contribution in [1.29, 1.82) is 0 Å². The minimum atomic E-state index is -0.318. The highest BCUT2D eigenvalue weighted by Crippen LogP contribution is 2.30. The Morgan fingerprint density at radius 2 is 2.35 bits per heavy atom. The van der Waals surface area contributed by atoms with E-state index in [0.29, 0.717) is 17.5 Å². The first kappa shape index (κ1) is 15.7. The van der Waals surface area contributed by atoms with Crippen molar-refractivity contribution in [2.24, 2.45) is 0 Å². The second-order valence-corrected chi connectivity index (χ2v) is 6.17. The molecule has 0 saturated carbocycles. The molecule has 2 heterocycles. The fourth-order valence-electron chi connectivity index (χ4n) is 2.38. The highest BCUT2D eigenvalue weighted by atomic mass is 32.2. The van der Waals surface area contributed by atoms with E-state index >= 15 is 0 Å². The van der Waals surface area contributed by atoms with E-state index in [9.17, 15) is 4.79 Å². The predicted octanol–water partition coefficient (Wildman–Crippen LogP) is 2.58. The first-order valence-electron chi connectivity index (χ1n) is 7.29. The van der Waals surface area contributed by atoms with E-state index in [2.05, 4.69) is 20.8 Å². The number of nitrogens with zero attached hydrogens (tertiary/aromatic N) is 2. The summed E-state index contributed by atoms with van der Waals surface area (Å²) in [6, 6.07) is 5.31. The van der Waals surface area contributed by atoms with Crippen LogP contribution in [0.15, 0.2) is 22.7 Å². The van der Waals surface area contributed by atoms with Gasteiger partial charge in [0, 0.05) is 12.1 Å². The summed E-state index contributed by atoms with van der Waals surface area (Å²) < 4.78 is 10.7. The van der Waals surface area contributed by atoms with Gasteiger partial charge in [0.05, 0.1) is 12.3 Å². The van der Waals surface area contributed by atoms with Crippen LogP contribution >= 0.6 is 11.8 Å². The molecule has 1 aliphatic heterocycles. The SMILES string of the molecule is CSCc1noc(CNC(=O)Nc2ccc3c(c2)C[C@@H](C)O3)n1. The fraction of sp³-hybridized carbons (Fsp3) is 0.400. The molecule has 23 heavy (non-hydrogen) atoms. The number of hydrogen-bond acceptors (Lipinski definition) is 6. The summed E-state index contributed by atoms with van der Waals surface area (Å²) in [5, 5.41) is 9.31. The molecule has 0 saturated heterocycles. The van der Waals surface area contributed by atoms with Gasteiger partial charge in [-0.15, -0.1) is 0 Å². The van der Waals surface area contributed by atoms with Crippen LogP contribution in [0.2, 0.25) is 0 Å². The Kier molecular flexibility index (Phi) is 4.71. The lowest BCUT2D eigenvalue weighted by Gasteiger charge is -2.07. The van der Waals surface area contributed by atoms with Crippen molar-refractivity contribution in [3.63, 3.8) is 0 Å². The van der Waals surface area contributed by atoms with Gasteiger partial charge in [-0.3, -0.25) is 0 Å². The molecule has 0 radical (unpaired) electrons. The zero-order valence-corrected chi connectivity index (χ0v) is 13.8. The molecule has 2 N–H and O–H groups in total. The molecule has 2 amide bonds. The van der Waals surface area contributed by atoms with Gasteiger partial charge in [0.2, 0.25) is 5.89 Å². The molecule has 3 rings (SSSR count). The van der Waals surface area contributed by atoms with Crippen molar-refractivity contribution in [1.82, 2.24) is 15.5 Å². The third-order valence-electron chi connectivity index (χ3n) is 3.34. The molecule has 0 aliphatic carbocycles. The van der Waals surface area contributed by atoms with Gasteiger partial charge in [-0.05, 0) is 36.9 Å². The molecule has 122 valence electrons. The van der Waals surface area contributed by atoms with Crippen molar-refractivity contribution >= 4 is 23.5 Å². The fourth-order valence-corrected chi connectivity index (χ4v) is 2.76. The van der Waals surface area contributed by atoms with E-state index in [1.165, 1.54) is 0 Å². The third kappa shape index (κ3) is 3.95. The van der Waals surface area contributed by atoms with Gasteiger partial charge >= 0.3 is 6.03 Å². The molecular formula is C15H18N4O3S. The lowest BCUT2D eigenvalue weighted by atomic mass is 10.1. The first-order valence-corrected chi connectivity index (χ1v) is 8.68. The molecule has 0 unspecified atom stereocenters. The smallest absolute Gasteiger partial charge is 0.319 e. The summed E-state index contributed by atoms with van der Waals surface area (Å²) in [4.78, 5) is 16.1. The Labute approximate surface area is 138 Å². The number of hydrogen-bond donors (Lipinski definition) is 2. The van der Waals surface area contributed by atoms with Crippen LogP contribution in [-0.4, -0.2) is 28.5 Å². The average molecular weight is 334 g/mol. The minimum Gasteiger partial charge on any atom is -0.490 e. The zero-order chi connectivity index (χ0) is 16.2. The van der Waals surface area contributed by atoms with E-state index < -0.39 is 0 Å². The summed E-state index contributed by atoms with van der Waals surface area (Å²) in [7, 11) is 0. The van der Waals surface area contributed by atoms with Crippen LogP contribution < -0.4 is 15.4 Å². The molecule has 2 aromatic rings. The van der Waals surface area contributed by atoms with Gasteiger partial charge in [-0.1, -0.05) is 5.16 Å². The van der Waals surface area contributed by atoms with Crippen LogP contribution in [0.4, 0.5) is 10.5 Å². The van der Waals surface area contributed by atoms with E-state index in [0.717, 1.165) is 23.4 Å². The van der Waals surface area contributed by atoms with E-state index in [1.807, 2.05) is 31.4 Å². The zero-order valence-electron chi connectivity index (χ0n) is 13.0. The quantitative estimate of drug-likeness (QED) is 0.873. The second-order valence-electron chi connectivity index (χ2n) is 5.30. The van der Waals surface area contributed by atoms with Gasteiger partial charge in [0.15, 0.2) is 5.82 Å². The summed E-state index contributed by atoms with van der Waals surface area (Å²) in [5.74, 6) is 2.59. The monoisotopic (exact) mass is 334 g/mol. The highest BCUT2D eigenvalue weighted by Gasteiger charge is 2.19. The number of carbonyl (C=O) groups excluding carboxylic acids is 1. The summed E-state index contributed by atoms with van der Waals surface area (Å²) >= 11 is 1.61. The maximum Gasteiger partial charge on any atom is 0.319 e. The van der Waals surface area contributed by atoms with Crippen LogP contribution in [0, 0.1) is 0 Å². The molecule has 8 heteroatoms. The topological polar surface area (TPSA) is 89.3 Å². The largest absolute Gasteiger partial charge is 0.490 e. The van der Waals surface area contributed by atoms with Gasteiger partial charge in [0.25, 0.3) is 0 Å². The number of ether oxygens (including phenoxy) is 1. The normalized spacial score (nSPS) is 15.8. The van der Waals surface area contributed by atoms with Crippen molar-refractivity contribution in [2.45, 2.75) is 31.7 Å². The van der Waals surface area contributed by atoms with Gasteiger partial charge in [-0.2, -0.15) is 16.7 Å². The Morgan fingerprint density at radius 1 is 1.48 bits per heavy atom. The van der Waals surface area contributed by atoms with E-state index in [1.54, 1.807) is 11.8 Å². The Morgan fingerprint density at radius 3 is 3.17 bits per heavy atom. The van der Waals surface area contributed by atoms with Crippen molar-refractivity contribution < 1.29 is 14.1 Å². The number of thioether (sulfide) groups is 1. The standard InChI is InChI=1S/C15H18N4O3S/c1-9-5-10-6-11(3-4-12(10)21-9)17-15(20)16-7-14-18-13(8-23-2)19-22-14/h3-4,6,9H,5,7-8H2,1-2H3,(H2,16,17,20)/t9-/m1/s1. The van der Waals surface area contributed by atoms with Crippen LogP contribution in [-0.2, 0) is 18.7 Å². The van der Waals surface area contributed by atoms with Crippen LogP contribution in [0.1, 0.15) is 24.2 Å². The molecular weight excluding hydrogens is 316 g/mol. The van der Waals surface area contributed by atoms with Crippen molar-refractivity contribution in [2.75, 3.05) is 11.6 Å². The van der Waals surface area contributed by atoms with Crippen molar-refractivity contribution in [3.8, 4) is 5.75 Å². The summed E-state index contributed by atoms with van der Waals surface area (Å²) in [6.45, 7) is 2.22. The van der Waals surface area contributed by atoms with Crippen LogP contribution in [0.5, 0.6) is 5.75 Å². The lowest BCUT2D eigenvalue weighted by Crippen LogP contribution is -2.28. The minimum absolute atomic E-state index is 0.182. The van der Waals surface area contributed by atoms with Gasteiger partial charge in [0.1, 0.15) is 11.9 Å². The second kappa shape index (κ2) is 6.91. The van der Waals surface area contributed by atoms with E-state index in [-0.39, 0.29) is 18.7 Å². The average Bonchev–Trinajstić information content (AvgIpc) is 3.10. The Hall–Kier alpha value is -2.22. The molecule has 0 spiro atoms. The Balaban J connectivity index is 1.52. The number of carbonyl (C=O) groups is 1. The number of aromatic nitrogens is 2. The number of anilines is 1. The Bertz CT molecular complexity index is 704. The van der Waals surface area contributed by atoms with Crippen LogP contribution in [0.3, 0.4) is 0 Å². The molecule has 1 aromatic carbocycles. The number of urea groups is 1. The molecule has 0 fully saturated rings. The highest BCUT2D eigenvalue weighted by molar-refractivity contribution is 7.97. The number of fused-ring (bicyclic) bond motifs is 1. The molecule has 0 bridgehead atoms. The molecule has 1 aromatic heterocycles. The molecule has 7 nitrogen and oxygen atoms in total. The summed E-state index contributed by atoms with van der Waals surface area (Å²) in [5.41, 5.74) is 1.83. The number of nitrogens with one attached hydrogen (secondary N) is 2. The van der Waals surface area contributed by atoms with E-state index in [4.69, 9.17) is 9.26 Å². The number of benzene rings is 1. The first-order chi connectivity index (χ1) is 11.1.